The first-order chi connectivity index (χ1) is 10.7. The summed E-state index contributed by atoms with van der Waals surface area (Å²) in [6.45, 7) is -0.0556. The van der Waals surface area contributed by atoms with Gasteiger partial charge in [0.25, 0.3) is 5.91 Å². The number of nitrogens with zero attached hydrogens (tertiary/aromatic N) is 2. The first-order valence-electron chi connectivity index (χ1n) is 7.64. The highest BCUT2D eigenvalue weighted by Gasteiger charge is 2.26. The molecule has 1 aromatic rings. The Morgan fingerprint density at radius 2 is 2.18 bits per heavy atom. The molecule has 1 aliphatic carbocycles. The number of hydrogen-bond donors (Lipinski definition) is 3. The van der Waals surface area contributed by atoms with Crippen molar-refractivity contribution in [1.82, 2.24) is 20.6 Å². The molecule has 0 unspecified atom stereocenters. The summed E-state index contributed by atoms with van der Waals surface area (Å²) in [5.41, 5.74) is 0.321. The minimum absolute atomic E-state index is 0.0556. The lowest BCUT2D eigenvalue weighted by atomic mass is 9.84. The lowest BCUT2D eigenvalue weighted by molar-refractivity contribution is -0.123. The highest BCUT2D eigenvalue weighted by molar-refractivity contribution is 5.95. The first-order valence-corrected chi connectivity index (χ1v) is 7.64. The number of aromatic nitrogens is 2. The molecule has 1 heterocycles. The Hall–Kier alpha value is -2.36. The second-order valence-corrected chi connectivity index (χ2v) is 5.61. The summed E-state index contributed by atoms with van der Waals surface area (Å²) in [5, 5.41) is 13.9. The third kappa shape index (κ3) is 4.58. The lowest BCUT2D eigenvalue weighted by Gasteiger charge is -2.26. The number of rotatable bonds is 6. The zero-order chi connectivity index (χ0) is 15.8. The molecule has 0 aliphatic heterocycles. The molecule has 7 heteroatoms. The molecule has 7 nitrogen and oxygen atoms in total. The lowest BCUT2D eigenvalue weighted by Crippen LogP contribution is -2.48. The minimum Gasteiger partial charge on any atom is -0.341 e. The summed E-state index contributed by atoms with van der Waals surface area (Å²) in [6, 6.07) is 1.26. The maximum absolute atomic E-state index is 12.2. The van der Waals surface area contributed by atoms with Gasteiger partial charge in [-0.1, -0.05) is 32.1 Å². The fraction of sp³-hybridized carbons (Fsp3) is 0.600. The van der Waals surface area contributed by atoms with E-state index in [9.17, 15) is 9.59 Å². The molecule has 1 fully saturated rings. The van der Waals surface area contributed by atoms with Crippen molar-refractivity contribution in [3.8, 4) is 6.07 Å². The molecule has 0 saturated heterocycles. The molecule has 118 valence electrons. The molecule has 0 aromatic carbocycles. The quantitative estimate of drug-likeness (QED) is 0.684. The van der Waals surface area contributed by atoms with E-state index in [4.69, 9.17) is 5.26 Å². The number of H-pyrrole nitrogens is 1. The van der Waals surface area contributed by atoms with Crippen molar-refractivity contribution in [3.63, 3.8) is 0 Å². The van der Waals surface area contributed by atoms with Crippen LogP contribution in [-0.4, -0.2) is 34.4 Å². The average Bonchev–Trinajstić information content (AvgIpc) is 3.07. The Morgan fingerprint density at radius 3 is 2.82 bits per heavy atom. The number of imidazole rings is 1. The second kappa shape index (κ2) is 8.17. The Morgan fingerprint density at radius 1 is 1.41 bits per heavy atom. The fourth-order valence-corrected chi connectivity index (χ4v) is 2.85. The molecule has 1 atom stereocenters. The van der Waals surface area contributed by atoms with Crippen LogP contribution in [0.4, 0.5) is 0 Å². The van der Waals surface area contributed by atoms with Gasteiger partial charge in [-0.3, -0.25) is 9.59 Å². The van der Waals surface area contributed by atoms with Gasteiger partial charge in [0, 0.05) is 0 Å². The van der Waals surface area contributed by atoms with Crippen LogP contribution in [0.2, 0.25) is 0 Å². The van der Waals surface area contributed by atoms with Crippen LogP contribution in [0.15, 0.2) is 12.5 Å². The third-order valence-electron chi connectivity index (χ3n) is 4.00. The van der Waals surface area contributed by atoms with Crippen molar-refractivity contribution in [2.75, 3.05) is 6.54 Å². The summed E-state index contributed by atoms with van der Waals surface area (Å²) in [7, 11) is 0. The van der Waals surface area contributed by atoms with Gasteiger partial charge in [0.1, 0.15) is 18.3 Å². The van der Waals surface area contributed by atoms with Gasteiger partial charge in [-0.25, -0.2) is 4.98 Å². The van der Waals surface area contributed by atoms with Crippen molar-refractivity contribution in [3.05, 3.63) is 18.2 Å². The monoisotopic (exact) mass is 303 g/mol. The van der Waals surface area contributed by atoms with E-state index in [2.05, 4.69) is 20.6 Å². The van der Waals surface area contributed by atoms with Gasteiger partial charge in [0.2, 0.25) is 5.91 Å². The average molecular weight is 303 g/mol. The molecule has 0 bridgehead atoms. The van der Waals surface area contributed by atoms with Crippen LogP contribution >= 0.6 is 0 Å². The summed E-state index contributed by atoms with van der Waals surface area (Å²) < 4.78 is 0. The highest BCUT2D eigenvalue weighted by Crippen LogP contribution is 2.27. The molecular weight excluding hydrogens is 282 g/mol. The van der Waals surface area contributed by atoms with Crippen LogP contribution in [0.5, 0.6) is 0 Å². The van der Waals surface area contributed by atoms with Gasteiger partial charge in [0.15, 0.2) is 0 Å². The molecule has 2 rings (SSSR count). The van der Waals surface area contributed by atoms with Gasteiger partial charge >= 0.3 is 0 Å². The van der Waals surface area contributed by atoms with Gasteiger partial charge < -0.3 is 15.6 Å². The summed E-state index contributed by atoms with van der Waals surface area (Å²) >= 11 is 0. The number of nitrogens with one attached hydrogen (secondary N) is 3. The molecule has 2 amide bonds. The number of hydrogen-bond acceptors (Lipinski definition) is 4. The molecule has 1 aliphatic rings. The highest BCUT2D eigenvalue weighted by atomic mass is 16.2. The summed E-state index contributed by atoms with van der Waals surface area (Å²) in [6.07, 6.45) is 9.20. The molecular formula is C15H21N5O2. The number of carbonyl (C=O) groups excluding carboxylic acids is 2. The number of amides is 2. The largest absolute Gasteiger partial charge is 0.341 e. The zero-order valence-electron chi connectivity index (χ0n) is 12.5. The Kier molecular flexibility index (Phi) is 5.95. The number of nitriles is 1. The predicted molar refractivity (Wildman–Crippen MR) is 79.7 cm³/mol. The maximum atomic E-state index is 12.2. The molecule has 3 N–H and O–H groups in total. The normalized spacial score (nSPS) is 16.5. The van der Waals surface area contributed by atoms with E-state index in [1.165, 1.54) is 31.8 Å². The standard InChI is InChI=1S/C15H21N5O2/c16-6-7-18-14(21)12(8-11-4-2-1-3-5-11)20-15(22)13-9-17-10-19-13/h9-12H,1-5,7-8H2,(H,17,19)(H,18,21)(H,20,22)/t12-/m0/s1. The van der Waals surface area contributed by atoms with Gasteiger partial charge in [0.05, 0.1) is 18.6 Å². The van der Waals surface area contributed by atoms with Crippen molar-refractivity contribution >= 4 is 11.8 Å². The van der Waals surface area contributed by atoms with E-state index in [-0.39, 0.29) is 18.4 Å². The smallest absolute Gasteiger partial charge is 0.269 e. The molecule has 1 saturated carbocycles. The number of aromatic amines is 1. The zero-order valence-corrected chi connectivity index (χ0v) is 12.5. The summed E-state index contributed by atoms with van der Waals surface area (Å²) in [5.74, 6) is -0.223. The molecule has 0 spiro atoms. The van der Waals surface area contributed by atoms with Crippen LogP contribution in [0.3, 0.4) is 0 Å². The van der Waals surface area contributed by atoms with Crippen LogP contribution < -0.4 is 10.6 Å². The van der Waals surface area contributed by atoms with Crippen molar-refractivity contribution in [2.45, 2.75) is 44.6 Å². The summed E-state index contributed by atoms with van der Waals surface area (Å²) in [4.78, 5) is 30.8. The van der Waals surface area contributed by atoms with E-state index in [1.54, 1.807) is 0 Å². The van der Waals surface area contributed by atoms with E-state index in [0.29, 0.717) is 18.0 Å². The van der Waals surface area contributed by atoms with Crippen LogP contribution in [0.1, 0.15) is 49.0 Å². The van der Waals surface area contributed by atoms with Gasteiger partial charge in [-0.15, -0.1) is 0 Å². The molecule has 22 heavy (non-hydrogen) atoms. The predicted octanol–water partition coefficient (Wildman–Crippen LogP) is 1.12. The van der Waals surface area contributed by atoms with Gasteiger partial charge in [-0.2, -0.15) is 5.26 Å². The van der Waals surface area contributed by atoms with E-state index >= 15 is 0 Å². The van der Waals surface area contributed by atoms with Crippen molar-refractivity contribution in [1.29, 1.82) is 5.26 Å². The fourth-order valence-electron chi connectivity index (χ4n) is 2.85. The maximum Gasteiger partial charge on any atom is 0.269 e. The van der Waals surface area contributed by atoms with Crippen LogP contribution in [0.25, 0.3) is 0 Å². The first kappa shape index (κ1) is 16.0. The van der Waals surface area contributed by atoms with E-state index in [0.717, 1.165) is 12.8 Å². The second-order valence-electron chi connectivity index (χ2n) is 5.61. The molecule has 0 radical (unpaired) electrons. The molecule has 1 aromatic heterocycles. The topological polar surface area (TPSA) is 111 Å². The Balaban J connectivity index is 1.98. The SMILES string of the molecule is N#CCNC(=O)[C@H](CC1CCCCC1)NC(=O)c1cnc[nH]1. The van der Waals surface area contributed by atoms with Crippen LogP contribution in [0, 0.1) is 17.2 Å². The van der Waals surface area contributed by atoms with E-state index in [1.807, 2.05) is 6.07 Å². The number of carbonyl (C=O) groups is 2. The van der Waals surface area contributed by atoms with Crippen molar-refractivity contribution in [2.24, 2.45) is 5.92 Å². The minimum atomic E-state index is -0.618. The van der Waals surface area contributed by atoms with Crippen LogP contribution in [-0.2, 0) is 4.79 Å². The van der Waals surface area contributed by atoms with Gasteiger partial charge in [-0.05, 0) is 12.3 Å². The van der Waals surface area contributed by atoms with E-state index < -0.39 is 6.04 Å². The third-order valence-corrected chi connectivity index (χ3v) is 4.00. The van der Waals surface area contributed by atoms with Crippen molar-refractivity contribution < 1.29 is 9.59 Å². The Labute approximate surface area is 129 Å². The Bertz CT molecular complexity index is 529.